The van der Waals surface area contributed by atoms with Crippen LogP contribution in [0.1, 0.15) is 55.2 Å². The topological polar surface area (TPSA) is 49.9 Å². The Kier molecular flexibility index (Phi) is 6.14. The van der Waals surface area contributed by atoms with Crippen molar-refractivity contribution in [2.24, 2.45) is 5.92 Å². The van der Waals surface area contributed by atoms with E-state index in [2.05, 4.69) is 18.4 Å². The average Bonchev–Trinajstić information content (AvgIpc) is 3.52. The van der Waals surface area contributed by atoms with E-state index in [4.69, 9.17) is 4.74 Å². The Morgan fingerprint density at radius 3 is 2.60 bits per heavy atom. The van der Waals surface area contributed by atoms with Crippen LogP contribution < -0.4 is 4.74 Å². The molecule has 5 nitrogen and oxygen atoms in total. The second-order valence-corrected chi connectivity index (χ2v) is 9.31. The quantitative estimate of drug-likeness (QED) is 0.664. The van der Waals surface area contributed by atoms with Gasteiger partial charge in [-0.25, -0.2) is 0 Å². The fourth-order valence-electron chi connectivity index (χ4n) is 4.20. The van der Waals surface area contributed by atoms with Gasteiger partial charge < -0.3 is 14.5 Å². The molecule has 2 heterocycles. The summed E-state index contributed by atoms with van der Waals surface area (Å²) in [5, 5.41) is 2.11. The van der Waals surface area contributed by atoms with Crippen molar-refractivity contribution in [1.29, 1.82) is 0 Å². The van der Waals surface area contributed by atoms with Crippen molar-refractivity contribution in [3.8, 4) is 5.75 Å². The molecule has 0 saturated heterocycles. The van der Waals surface area contributed by atoms with Crippen LogP contribution in [0.3, 0.4) is 0 Å². The van der Waals surface area contributed by atoms with Gasteiger partial charge in [0.15, 0.2) is 0 Å². The van der Waals surface area contributed by atoms with Crippen LogP contribution >= 0.6 is 11.3 Å². The van der Waals surface area contributed by atoms with Gasteiger partial charge in [0.05, 0.1) is 13.2 Å². The molecule has 0 unspecified atom stereocenters. The lowest BCUT2D eigenvalue weighted by Gasteiger charge is -2.38. The van der Waals surface area contributed by atoms with Crippen LogP contribution in [0.25, 0.3) is 0 Å². The van der Waals surface area contributed by atoms with Gasteiger partial charge >= 0.3 is 0 Å². The summed E-state index contributed by atoms with van der Waals surface area (Å²) in [4.78, 5) is 31.5. The number of rotatable bonds is 7. The molecule has 0 spiro atoms. The van der Waals surface area contributed by atoms with E-state index in [9.17, 15) is 9.59 Å². The first-order valence-electron chi connectivity index (χ1n) is 10.8. The Bertz CT molecular complexity index is 903. The summed E-state index contributed by atoms with van der Waals surface area (Å²) < 4.78 is 5.31. The molecule has 0 N–H and O–H groups in total. The van der Waals surface area contributed by atoms with E-state index in [0.717, 1.165) is 37.0 Å². The summed E-state index contributed by atoms with van der Waals surface area (Å²) in [5.74, 6) is 1.10. The predicted molar refractivity (Wildman–Crippen MR) is 119 cm³/mol. The minimum absolute atomic E-state index is 0.0296. The molecule has 0 bridgehead atoms. The first-order chi connectivity index (χ1) is 14.5. The highest BCUT2D eigenvalue weighted by atomic mass is 32.1. The van der Waals surface area contributed by atoms with Crippen molar-refractivity contribution < 1.29 is 14.3 Å². The molecule has 1 aromatic carbocycles. The molecule has 6 heteroatoms. The van der Waals surface area contributed by atoms with Crippen LogP contribution in [0.4, 0.5) is 0 Å². The maximum Gasteiger partial charge on any atom is 0.243 e. The number of fused-ring (bicyclic) bond motifs is 1. The molecule has 2 atom stereocenters. The standard InChI is InChI=1S/C24H30N2O3S/c1-4-16(2)26(24(28)18-5-6-18)15-22(27)25-13-11-21-20(12-14-30-21)23(25)17-7-9-19(29-3)10-8-17/h7-10,12,14,16,18,23H,4-6,11,13,15H2,1-3H3/t16-,23+/m0/s1. The van der Waals surface area contributed by atoms with E-state index in [1.165, 1.54) is 10.4 Å². The molecule has 1 aromatic heterocycles. The molecule has 1 aliphatic carbocycles. The second-order valence-electron chi connectivity index (χ2n) is 8.31. The summed E-state index contributed by atoms with van der Waals surface area (Å²) in [6, 6.07) is 10.1. The number of ether oxygens (including phenoxy) is 1. The van der Waals surface area contributed by atoms with Crippen molar-refractivity contribution >= 4 is 23.2 Å². The smallest absolute Gasteiger partial charge is 0.243 e. The number of thiophene rings is 1. The highest BCUT2D eigenvalue weighted by Crippen LogP contribution is 2.38. The van der Waals surface area contributed by atoms with Gasteiger partial charge in [0.2, 0.25) is 11.8 Å². The summed E-state index contributed by atoms with van der Waals surface area (Å²) in [6.45, 7) is 4.95. The zero-order chi connectivity index (χ0) is 21.3. The molecule has 30 heavy (non-hydrogen) atoms. The monoisotopic (exact) mass is 426 g/mol. The number of benzene rings is 1. The van der Waals surface area contributed by atoms with E-state index in [1.807, 2.05) is 41.0 Å². The van der Waals surface area contributed by atoms with Gasteiger partial charge in [0, 0.05) is 23.4 Å². The normalized spacial score (nSPS) is 19.2. The van der Waals surface area contributed by atoms with Gasteiger partial charge in [0.1, 0.15) is 12.3 Å². The largest absolute Gasteiger partial charge is 0.497 e. The van der Waals surface area contributed by atoms with Crippen LogP contribution in [0, 0.1) is 5.92 Å². The molecule has 2 aliphatic rings. The van der Waals surface area contributed by atoms with Crippen molar-refractivity contribution in [3.05, 3.63) is 51.7 Å². The third-order valence-electron chi connectivity index (χ3n) is 6.36. The van der Waals surface area contributed by atoms with Crippen molar-refractivity contribution in [2.75, 3.05) is 20.2 Å². The Balaban J connectivity index is 1.61. The summed E-state index contributed by atoms with van der Waals surface area (Å²) >= 11 is 1.76. The summed E-state index contributed by atoms with van der Waals surface area (Å²) in [5.41, 5.74) is 2.28. The average molecular weight is 427 g/mol. The number of nitrogens with zero attached hydrogens (tertiary/aromatic N) is 2. The maximum absolute atomic E-state index is 13.5. The number of methoxy groups -OCH3 is 1. The van der Waals surface area contributed by atoms with Crippen LogP contribution in [-0.2, 0) is 16.0 Å². The van der Waals surface area contributed by atoms with E-state index in [1.54, 1.807) is 18.4 Å². The lowest BCUT2D eigenvalue weighted by atomic mass is 9.93. The lowest BCUT2D eigenvalue weighted by molar-refractivity contribution is -0.144. The second kappa shape index (κ2) is 8.80. The minimum Gasteiger partial charge on any atom is -0.497 e. The highest BCUT2D eigenvalue weighted by Gasteiger charge is 2.38. The molecular formula is C24H30N2O3S. The Hall–Kier alpha value is -2.34. The molecule has 160 valence electrons. The fourth-order valence-corrected chi connectivity index (χ4v) is 5.11. The molecule has 4 rings (SSSR count). The fraction of sp³-hybridized carbons (Fsp3) is 0.500. The van der Waals surface area contributed by atoms with Crippen molar-refractivity contribution in [1.82, 2.24) is 9.80 Å². The van der Waals surface area contributed by atoms with E-state index < -0.39 is 0 Å². The number of carbonyl (C=O) groups is 2. The van der Waals surface area contributed by atoms with Gasteiger partial charge in [-0.05, 0) is 67.3 Å². The molecule has 1 fully saturated rings. The predicted octanol–water partition coefficient (Wildman–Crippen LogP) is 4.27. The summed E-state index contributed by atoms with van der Waals surface area (Å²) in [6.07, 6.45) is 3.63. The van der Waals surface area contributed by atoms with Crippen molar-refractivity contribution in [2.45, 2.75) is 51.6 Å². The zero-order valence-electron chi connectivity index (χ0n) is 18.0. The van der Waals surface area contributed by atoms with Crippen molar-refractivity contribution in [3.63, 3.8) is 0 Å². The SMILES string of the molecule is CC[C@H](C)N(CC(=O)N1CCc2sccc2[C@H]1c1ccc(OC)cc1)C(=O)C1CC1. The van der Waals surface area contributed by atoms with E-state index in [0.29, 0.717) is 6.54 Å². The van der Waals surface area contributed by atoms with Crippen LogP contribution in [-0.4, -0.2) is 47.9 Å². The van der Waals surface area contributed by atoms with Crippen LogP contribution in [0.15, 0.2) is 35.7 Å². The Labute approximate surface area is 182 Å². The van der Waals surface area contributed by atoms with Gasteiger partial charge in [-0.3, -0.25) is 9.59 Å². The van der Waals surface area contributed by atoms with Gasteiger partial charge in [0.25, 0.3) is 0 Å². The molecule has 2 aromatic rings. The van der Waals surface area contributed by atoms with E-state index in [-0.39, 0.29) is 36.4 Å². The van der Waals surface area contributed by atoms with Crippen LogP contribution in [0.5, 0.6) is 5.75 Å². The highest BCUT2D eigenvalue weighted by molar-refractivity contribution is 7.10. The number of hydrogen-bond donors (Lipinski definition) is 0. The lowest BCUT2D eigenvalue weighted by Crippen LogP contribution is -2.49. The Morgan fingerprint density at radius 2 is 1.97 bits per heavy atom. The third kappa shape index (κ3) is 4.10. The molecule has 1 aliphatic heterocycles. The Morgan fingerprint density at radius 1 is 1.23 bits per heavy atom. The third-order valence-corrected chi connectivity index (χ3v) is 7.35. The zero-order valence-corrected chi connectivity index (χ0v) is 18.8. The first kappa shape index (κ1) is 20.9. The van der Waals surface area contributed by atoms with Gasteiger partial charge in [-0.15, -0.1) is 11.3 Å². The van der Waals surface area contributed by atoms with Gasteiger partial charge in [-0.2, -0.15) is 0 Å². The van der Waals surface area contributed by atoms with Gasteiger partial charge in [-0.1, -0.05) is 19.1 Å². The number of carbonyl (C=O) groups excluding carboxylic acids is 2. The molecule has 0 radical (unpaired) electrons. The molecular weight excluding hydrogens is 396 g/mol. The number of amides is 2. The molecule has 1 saturated carbocycles. The molecule has 2 amide bonds. The first-order valence-corrected chi connectivity index (χ1v) is 11.7. The van der Waals surface area contributed by atoms with Crippen LogP contribution in [0.2, 0.25) is 0 Å². The summed E-state index contributed by atoms with van der Waals surface area (Å²) in [7, 11) is 1.66. The number of hydrogen-bond acceptors (Lipinski definition) is 4. The minimum atomic E-state index is -0.117. The van der Waals surface area contributed by atoms with E-state index >= 15 is 0 Å². The maximum atomic E-state index is 13.5.